The number of benzene rings is 1. The number of hydrogen-bond donors (Lipinski definition) is 1. The number of nitrogens with zero attached hydrogens (tertiary/aromatic N) is 2. The fourth-order valence-corrected chi connectivity index (χ4v) is 2.67. The Balaban J connectivity index is 1.96. The molecule has 0 aliphatic heterocycles. The molecule has 0 saturated heterocycles. The maximum Gasteiger partial charge on any atom is 0.258 e. The standard InChI is InChI=1S/C13H13ClFN3O/c14-9-5-8(6-10(15)7-9)11-17-12(18-19-11)13(16)3-1-2-4-13/h5-7H,1-4,16H2. The first kappa shape index (κ1) is 12.6. The van der Waals surface area contributed by atoms with Crippen molar-refractivity contribution >= 4 is 11.6 Å². The van der Waals surface area contributed by atoms with Crippen molar-refractivity contribution in [2.24, 2.45) is 5.73 Å². The molecule has 2 N–H and O–H groups in total. The third kappa shape index (κ3) is 2.35. The van der Waals surface area contributed by atoms with Crippen LogP contribution in [0.15, 0.2) is 22.7 Å². The summed E-state index contributed by atoms with van der Waals surface area (Å²) in [5.74, 6) is 0.291. The van der Waals surface area contributed by atoms with Crippen molar-refractivity contribution in [3.05, 3.63) is 34.9 Å². The van der Waals surface area contributed by atoms with Gasteiger partial charge in [-0.3, -0.25) is 0 Å². The molecule has 1 aliphatic carbocycles. The van der Waals surface area contributed by atoms with E-state index >= 15 is 0 Å². The molecule has 0 radical (unpaired) electrons. The van der Waals surface area contributed by atoms with Gasteiger partial charge >= 0.3 is 0 Å². The zero-order chi connectivity index (χ0) is 13.5. The molecular weight excluding hydrogens is 269 g/mol. The summed E-state index contributed by atoms with van der Waals surface area (Å²) in [6.07, 6.45) is 3.81. The van der Waals surface area contributed by atoms with E-state index in [0.717, 1.165) is 25.7 Å². The molecule has 1 heterocycles. The first-order valence-corrected chi connectivity index (χ1v) is 6.54. The highest BCUT2D eigenvalue weighted by Gasteiger charge is 2.36. The van der Waals surface area contributed by atoms with Gasteiger partial charge in [0.05, 0.1) is 5.54 Å². The van der Waals surface area contributed by atoms with Gasteiger partial charge in [-0.25, -0.2) is 4.39 Å². The minimum atomic E-state index is -0.515. The van der Waals surface area contributed by atoms with Crippen LogP contribution in [0.25, 0.3) is 11.5 Å². The van der Waals surface area contributed by atoms with E-state index < -0.39 is 11.4 Å². The second-order valence-electron chi connectivity index (χ2n) is 4.94. The third-order valence-electron chi connectivity index (χ3n) is 3.48. The lowest BCUT2D eigenvalue weighted by molar-refractivity contribution is 0.372. The average Bonchev–Trinajstić information content (AvgIpc) is 2.96. The van der Waals surface area contributed by atoms with Crippen molar-refractivity contribution in [1.29, 1.82) is 0 Å². The first-order chi connectivity index (χ1) is 9.07. The summed E-state index contributed by atoms with van der Waals surface area (Å²) in [6.45, 7) is 0. The summed E-state index contributed by atoms with van der Waals surface area (Å²) in [4.78, 5) is 4.29. The molecule has 0 bridgehead atoms. The number of aromatic nitrogens is 2. The molecule has 4 nitrogen and oxygen atoms in total. The quantitative estimate of drug-likeness (QED) is 0.917. The van der Waals surface area contributed by atoms with Crippen LogP contribution < -0.4 is 5.73 Å². The van der Waals surface area contributed by atoms with E-state index in [2.05, 4.69) is 10.1 Å². The molecule has 1 aromatic carbocycles. The van der Waals surface area contributed by atoms with Gasteiger partial charge in [0.25, 0.3) is 5.89 Å². The van der Waals surface area contributed by atoms with Gasteiger partial charge in [0, 0.05) is 10.6 Å². The molecule has 6 heteroatoms. The second-order valence-corrected chi connectivity index (χ2v) is 5.38. The van der Waals surface area contributed by atoms with E-state index in [1.165, 1.54) is 12.1 Å². The monoisotopic (exact) mass is 281 g/mol. The zero-order valence-electron chi connectivity index (χ0n) is 10.2. The van der Waals surface area contributed by atoms with Gasteiger partial charge in [-0.1, -0.05) is 29.6 Å². The smallest absolute Gasteiger partial charge is 0.258 e. The van der Waals surface area contributed by atoms with Crippen LogP contribution >= 0.6 is 11.6 Å². The number of hydrogen-bond acceptors (Lipinski definition) is 4. The Kier molecular flexibility index (Phi) is 3.03. The van der Waals surface area contributed by atoms with Gasteiger partial charge in [-0.2, -0.15) is 4.98 Å². The maximum atomic E-state index is 13.3. The van der Waals surface area contributed by atoms with Gasteiger partial charge in [0.15, 0.2) is 5.82 Å². The molecule has 0 atom stereocenters. The Morgan fingerprint density at radius 2 is 2.00 bits per heavy atom. The molecule has 0 amide bonds. The number of rotatable bonds is 2. The van der Waals surface area contributed by atoms with Crippen LogP contribution in [0.5, 0.6) is 0 Å². The molecule has 1 fully saturated rings. The van der Waals surface area contributed by atoms with Crippen LogP contribution in [0, 0.1) is 5.82 Å². The lowest BCUT2D eigenvalue weighted by Gasteiger charge is -2.17. The van der Waals surface area contributed by atoms with Crippen molar-refractivity contribution in [3.8, 4) is 11.5 Å². The summed E-state index contributed by atoms with van der Waals surface area (Å²) >= 11 is 5.81. The SMILES string of the molecule is NC1(c2noc(-c3cc(F)cc(Cl)c3)n2)CCCC1. The number of nitrogens with two attached hydrogens (primary N) is 1. The van der Waals surface area contributed by atoms with Crippen molar-refractivity contribution < 1.29 is 8.91 Å². The van der Waals surface area contributed by atoms with E-state index in [9.17, 15) is 4.39 Å². The van der Waals surface area contributed by atoms with Gasteiger partial charge in [-0.15, -0.1) is 0 Å². The molecule has 19 heavy (non-hydrogen) atoms. The summed E-state index contributed by atoms with van der Waals surface area (Å²) in [7, 11) is 0. The Bertz CT molecular complexity index is 587. The van der Waals surface area contributed by atoms with Crippen LogP contribution in [0.2, 0.25) is 5.02 Å². The van der Waals surface area contributed by atoms with Crippen molar-refractivity contribution in [3.63, 3.8) is 0 Å². The molecule has 0 unspecified atom stereocenters. The summed E-state index contributed by atoms with van der Waals surface area (Å²) in [5, 5.41) is 4.22. The predicted octanol–water partition coefficient (Wildman–Crippen LogP) is 3.26. The van der Waals surface area contributed by atoms with Crippen LogP contribution in [0.3, 0.4) is 0 Å². The Labute approximate surface area is 114 Å². The van der Waals surface area contributed by atoms with Crippen molar-refractivity contribution in [2.45, 2.75) is 31.2 Å². The van der Waals surface area contributed by atoms with Gasteiger partial charge in [0.1, 0.15) is 5.82 Å². The first-order valence-electron chi connectivity index (χ1n) is 6.16. The van der Waals surface area contributed by atoms with E-state index in [1.807, 2.05) is 0 Å². The topological polar surface area (TPSA) is 64.9 Å². The lowest BCUT2D eigenvalue weighted by Crippen LogP contribution is -2.34. The Morgan fingerprint density at radius 3 is 2.68 bits per heavy atom. The molecule has 1 aliphatic rings. The van der Waals surface area contributed by atoms with E-state index in [4.69, 9.17) is 21.9 Å². The molecule has 3 rings (SSSR count). The normalized spacial score (nSPS) is 17.8. The molecule has 1 saturated carbocycles. The highest BCUT2D eigenvalue weighted by molar-refractivity contribution is 6.30. The summed E-state index contributed by atoms with van der Waals surface area (Å²) in [6, 6.07) is 4.12. The van der Waals surface area contributed by atoms with Crippen molar-refractivity contribution in [2.75, 3.05) is 0 Å². The van der Waals surface area contributed by atoms with Gasteiger partial charge in [-0.05, 0) is 31.0 Å². The fourth-order valence-electron chi connectivity index (χ4n) is 2.45. The van der Waals surface area contributed by atoms with E-state index in [-0.39, 0.29) is 10.9 Å². The minimum absolute atomic E-state index is 0.244. The van der Waals surface area contributed by atoms with Crippen LogP contribution in [-0.4, -0.2) is 10.1 Å². The van der Waals surface area contributed by atoms with E-state index in [0.29, 0.717) is 11.4 Å². The van der Waals surface area contributed by atoms with Crippen LogP contribution in [-0.2, 0) is 5.54 Å². The maximum absolute atomic E-state index is 13.3. The van der Waals surface area contributed by atoms with E-state index in [1.54, 1.807) is 6.07 Å². The summed E-state index contributed by atoms with van der Waals surface area (Å²) < 4.78 is 18.5. The molecule has 0 spiro atoms. The largest absolute Gasteiger partial charge is 0.334 e. The highest BCUT2D eigenvalue weighted by Crippen LogP contribution is 2.35. The average molecular weight is 282 g/mol. The lowest BCUT2D eigenvalue weighted by atomic mass is 9.99. The molecule has 2 aromatic rings. The fraction of sp³-hybridized carbons (Fsp3) is 0.385. The van der Waals surface area contributed by atoms with Gasteiger partial charge < -0.3 is 10.3 Å². The highest BCUT2D eigenvalue weighted by atomic mass is 35.5. The molecule has 100 valence electrons. The molecular formula is C13H13ClFN3O. The van der Waals surface area contributed by atoms with Crippen molar-refractivity contribution in [1.82, 2.24) is 10.1 Å². The molecule has 1 aromatic heterocycles. The Hall–Kier alpha value is -1.46. The summed E-state index contributed by atoms with van der Waals surface area (Å²) in [5.41, 5.74) is 6.19. The third-order valence-corrected chi connectivity index (χ3v) is 3.69. The Morgan fingerprint density at radius 1 is 1.26 bits per heavy atom. The van der Waals surface area contributed by atoms with Crippen LogP contribution in [0.1, 0.15) is 31.5 Å². The second kappa shape index (κ2) is 4.58. The predicted molar refractivity (Wildman–Crippen MR) is 69.0 cm³/mol. The zero-order valence-corrected chi connectivity index (χ0v) is 11.0. The minimum Gasteiger partial charge on any atom is -0.334 e. The van der Waals surface area contributed by atoms with Gasteiger partial charge in [0.2, 0.25) is 0 Å². The van der Waals surface area contributed by atoms with Crippen LogP contribution in [0.4, 0.5) is 4.39 Å². The number of halogens is 2.